The number of benzene rings is 1. The van der Waals surface area contributed by atoms with Crippen LogP contribution in [-0.2, 0) is 13.0 Å². The predicted octanol–water partition coefficient (Wildman–Crippen LogP) is 2.57. The lowest BCUT2D eigenvalue weighted by atomic mass is 9.92. The number of hydrogen-bond acceptors (Lipinski definition) is 2. The molecule has 0 aliphatic carbocycles. The Morgan fingerprint density at radius 1 is 1.28 bits per heavy atom. The molecule has 0 atom stereocenters. The van der Waals surface area contributed by atoms with Gasteiger partial charge in [0.05, 0.1) is 6.20 Å². The van der Waals surface area contributed by atoms with Crippen molar-refractivity contribution in [2.75, 3.05) is 13.1 Å². The van der Waals surface area contributed by atoms with E-state index in [0.29, 0.717) is 5.92 Å². The van der Waals surface area contributed by atoms with Crippen LogP contribution in [0.5, 0.6) is 0 Å². The average Bonchev–Trinajstić information content (AvgIpc) is 2.82. The Labute approximate surface area is 108 Å². The molecule has 0 unspecified atom stereocenters. The number of aromatic nitrogens is 2. The lowest BCUT2D eigenvalue weighted by Crippen LogP contribution is -2.44. The Hall–Kier alpha value is -1.61. The van der Waals surface area contributed by atoms with Crippen LogP contribution >= 0.6 is 0 Å². The number of rotatable bonds is 4. The maximum Gasteiger partial charge on any atom is 0.0522 e. The quantitative estimate of drug-likeness (QED) is 0.892. The third kappa shape index (κ3) is 2.18. The van der Waals surface area contributed by atoms with Gasteiger partial charge in [-0.1, -0.05) is 37.3 Å². The van der Waals surface area contributed by atoms with E-state index in [-0.39, 0.29) is 0 Å². The van der Waals surface area contributed by atoms with E-state index in [0.717, 1.165) is 26.1 Å². The molecule has 1 aromatic carbocycles. The molecule has 0 amide bonds. The summed E-state index contributed by atoms with van der Waals surface area (Å²) >= 11 is 0. The molecule has 1 N–H and O–H groups in total. The molecule has 2 heterocycles. The SMILES string of the molecule is CCc1cn[nH]c1C1CN(Cc2ccccc2)C1. The molecule has 0 radical (unpaired) electrons. The number of hydrogen-bond donors (Lipinski definition) is 1. The van der Waals surface area contributed by atoms with Gasteiger partial charge in [0.15, 0.2) is 0 Å². The van der Waals surface area contributed by atoms with Crippen LogP contribution in [0.2, 0.25) is 0 Å². The maximum atomic E-state index is 4.16. The number of nitrogens with one attached hydrogen (secondary N) is 1. The Balaban J connectivity index is 1.57. The fraction of sp³-hybridized carbons (Fsp3) is 0.400. The van der Waals surface area contributed by atoms with E-state index in [4.69, 9.17) is 0 Å². The summed E-state index contributed by atoms with van der Waals surface area (Å²) in [7, 11) is 0. The summed E-state index contributed by atoms with van der Waals surface area (Å²) in [5, 5.41) is 7.33. The Bertz CT molecular complexity index is 497. The van der Waals surface area contributed by atoms with Gasteiger partial charge in [0.25, 0.3) is 0 Å². The molecule has 18 heavy (non-hydrogen) atoms. The summed E-state index contributed by atoms with van der Waals surface area (Å²) in [6, 6.07) is 10.7. The van der Waals surface area contributed by atoms with Gasteiger partial charge < -0.3 is 0 Å². The highest BCUT2D eigenvalue weighted by atomic mass is 15.2. The maximum absolute atomic E-state index is 4.16. The normalized spacial score (nSPS) is 16.7. The van der Waals surface area contributed by atoms with Gasteiger partial charge in [0.2, 0.25) is 0 Å². The number of aromatic amines is 1. The van der Waals surface area contributed by atoms with Crippen molar-refractivity contribution in [3.05, 3.63) is 53.3 Å². The van der Waals surface area contributed by atoms with Crippen LogP contribution in [-0.4, -0.2) is 28.2 Å². The lowest BCUT2D eigenvalue weighted by Gasteiger charge is -2.39. The number of nitrogens with zero attached hydrogens (tertiary/aromatic N) is 2. The van der Waals surface area contributed by atoms with Crippen molar-refractivity contribution in [2.24, 2.45) is 0 Å². The fourth-order valence-corrected chi connectivity index (χ4v) is 2.68. The van der Waals surface area contributed by atoms with Crippen molar-refractivity contribution in [1.29, 1.82) is 0 Å². The van der Waals surface area contributed by atoms with Gasteiger partial charge in [0.1, 0.15) is 0 Å². The smallest absolute Gasteiger partial charge is 0.0522 e. The van der Waals surface area contributed by atoms with E-state index in [9.17, 15) is 0 Å². The van der Waals surface area contributed by atoms with Gasteiger partial charge in [-0.3, -0.25) is 10.00 Å². The molecule has 0 saturated carbocycles. The summed E-state index contributed by atoms with van der Waals surface area (Å²) < 4.78 is 0. The highest BCUT2D eigenvalue weighted by molar-refractivity contribution is 5.24. The van der Waals surface area contributed by atoms with Gasteiger partial charge in [-0.15, -0.1) is 0 Å². The molecule has 1 aromatic heterocycles. The van der Waals surface area contributed by atoms with Crippen LogP contribution in [0.4, 0.5) is 0 Å². The van der Waals surface area contributed by atoms with Crippen molar-refractivity contribution >= 4 is 0 Å². The predicted molar refractivity (Wildman–Crippen MR) is 72.4 cm³/mol. The summed E-state index contributed by atoms with van der Waals surface area (Å²) in [4.78, 5) is 2.49. The lowest BCUT2D eigenvalue weighted by molar-refractivity contribution is 0.137. The van der Waals surface area contributed by atoms with E-state index in [1.54, 1.807) is 0 Å². The molecule has 1 saturated heterocycles. The largest absolute Gasteiger partial charge is 0.298 e. The molecule has 2 aromatic rings. The number of H-pyrrole nitrogens is 1. The van der Waals surface area contributed by atoms with E-state index >= 15 is 0 Å². The molecule has 1 aliphatic rings. The van der Waals surface area contributed by atoms with Gasteiger partial charge in [-0.2, -0.15) is 5.10 Å². The van der Waals surface area contributed by atoms with Crippen molar-refractivity contribution < 1.29 is 0 Å². The van der Waals surface area contributed by atoms with Crippen LogP contribution in [0.25, 0.3) is 0 Å². The van der Waals surface area contributed by atoms with Crippen LogP contribution in [0.15, 0.2) is 36.5 Å². The van der Waals surface area contributed by atoms with Crippen molar-refractivity contribution in [1.82, 2.24) is 15.1 Å². The van der Waals surface area contributed by atoms with Crippen molar-refractivity contribution in [2.45, 2.75) is 25.8 Å². The van der Waals surface area contributed by atoms with Crippen LogP contribution in [0.1, 0.15) is 29.7 Å². The standard InChI is InChI=1S/C15H19N3/c1-2-13-8-16-17-15(13)14-10-18(11-14)9-12-6-4-3-5-7-12/h3-8,14H,2,9-11H2,1H3,(H,16,17). The molecule has 3 rings (SSSR count). The second-order valence-corrected chi connectivity index (χ2v) is 5.04. The zero-order valence-corrected chi connectivity index (χ0v) is 10.8. The topological polar surface area (TPSA) is 31.9 Å². The molecular formula is C15H19N3. The van der Waals surface area contributed by atoms with Gasteiger partial charge in [0, 0.05) is 31.2 Å². The monoisotopic (exact) mass is 241 g/mol. The Kier molecular flexibility index (Phi) is 3.15. The second kappa shape index (κ2) is 4.94. The Morgan fingerprint density at radius 3 is 2.78 bits per heavy atom. The summed E-state index contributed by atoms with van der Waals surface area (Å²) in [5.41, 5.74) is 4.12. The summed E-state index contributed by atoms with van der Waals surface area (Å²) in [6.45, 7) is 5.54. The van der Waals surface area contributed by atoms with Gasteiger partial charge >= 0.3 is 0 Å². The molecule has 0 spiro atoms. The van der Waals surface area contributed by atoms with E-state index in [1.807, 2.05) is 6.20 Å². The third-order valence-corrected chi connectivity index (χ3v) is 3.75. The van der Waals surface area contributed by atoms with E-state index < -0.39 is 0 Å². The van der Waals surface area contributed by atoms with Crippen LogP contribution in [0.3, 0.4) is 0 Å². The highest BCUT2D eigenvalue weighted by Gasteiger charge is 2.30. The molecular weight excluding hydrogens is 222 g/mol. The van der Waals surface area contributed by atoms with E-state index in [1.165, 1.54) is 16.8 Å². The van der Waals surface area contributed by atoms with E-state index in [2.05, 4.69) is 52.4 Å². The zero-order chi connectivity index (χ0) is 12.4. The number of aryl methyl sites for hydroxylation is 1. The first kappa shape index (κ1) is 11.5. The second-order valence-electron chi connectivity index (χ2n) is 5.04. The minimum atomic E-state index is 0.645. The first-order valence-corrected chi connectivity index (χ1v) is 6.65. The molecule has 1 fully saturated rings. The van der Waals surface area contributed by atoms with Crippen molar-refractivity contribution in [3.63, 3.8) is 0 Å². The van der Waals surface area contributed by atoms with Gasteiger partial charge in [-0.05, 0) is 17.5 Å². The molecule has 1 aliphatic heterocycles. The first-order chi connectivity index (χ1) is 8.86. The third-order valence-electron chi connectivity index (χ3n) is 3.75. The van der Waals surface area contributed by atoms with Crippen LogP contribution in [0, 0.1) is 0 Å². The molecule has 3 heteroatoms. The minimum Gasteiger partial charge on any atom is -0.298 e. The molecule has 0 bridgehead atoms. The van der Waals surface area contributed by atoms with Gasteiger partial charge in [-0.25, -0.2) is 0 Å². The number of likely N-dealkylation sites (tertiary alicyclic amines) is 1. The van der Waals surface area contributed by atoms with Crippen LogP contribution < -0.4 is 0 Å². The molecule has 3 nitrogen and oxygen atoms in total. The average molecular weight is 241 g/mol. The zero-order valence-electron chi connectivity index (χ0n) is 10.8. The summed E-state index contributed by atoms with van der Waals surface area (Å²) in [5.74, 6) is 0.645. The molecule has 94 valence electrons. The highest BCUT2D eigenvalue weighted by Crippen LogP contribution is 2.29. The fourth-order valence-electron chi connectivity index (χ4n) is 2.68. The summed E-state index contributed by atoms with van der Waals surface area (Å²) in [6.07, 6.45) is 3.04. The minimum absolute atomic E-state index is 0.645. The Morgan fingerprint density at radius 2 is 2.06 bits per heavy atom. The first-order valence-electron chi connectivity index (χ1n) is 6.65. The van der Waals surface area contributed by atoms with Crippen molar-refractivity contribution in [3.8, 4) is 0 Å².